The second kappa shape index (κ2) is 7.80. The Balaban J connectivity index is 1.27. The number of piperazine rings is 1. The minimum atomic E-state index is 0.0643. The highest BCUT2D eigenvalue weighted by atomic mass is 32.1. The van der Waals surface area contributed by atoms with Gasteiger partial charge >= 0.3 is 0 Å². The first-order chi connectivity index (χ1) is 12.8. The number of benzene rings is 1. The number of para-hydroxylation sites is 1. The van der Waals surface area contributed by atoms with E-state index in [2.05, 4.69) is 36.5 Å². The summed E-state index contributed by atoms with van der Waals surface area (Å²) in [4.78, 5) is 26.6. The Labute approximate surface area is 156 Å². The maximum atomic E-state index is 12.1. The van der Waals surface area contributed by atoms with Gasteiger partial charge in [0.05, 0.1) is 5.39 Å². The predicted octanol–water partition coefficient (Wildman–Crippen LogP) is 2.84. The molecule has 1 fully saturated rings. The molecule has 3 aromatic rings. The van der Waals surface area contributed by atoms with Gasteiger partial charge in [-0.2, -0.15) is 0 Å². The maximum Gasteiger partial charge on any atom is 0.225 e. The van der Waals surface area contributed by atoms with Crippen LogP contribution in [0, 0.1) is 0 Å². The number of thiophene rings is 1. The molecule has 26 heavy (non-hydrogen) atoms. The van der Waals surface area contributed by atoms with Crippen LogP contribution in [0.15, 0.2) is 48.1 Å². The van der Waals surface area contributed by atoms with Crippen LogP contribution in [0.25, 0.3) is 10.2 Å². The lowest BCUT2D eigenvalue weighted by Crippen LogP contribution is -2.47. The van der Waals surface area contributed by atoms with Gasteiger partial charge in [0.2, 0.25) is 5.91 Å². The molecule has 4 rings (SSSR count). The van der Waals surface area contributed by atoms with Crippen molar-refractivity contribution in [2.75, 3.05) is 42.9 Å². The van der Waals surface area contributed by atoms with E-state index in [4.69, 9.17) is 0 Å². The Bertz CT molecular complexity index is 874. The normalized spacial score (nSPS) is 15.3. The van der Waals surface area contributed by atoms with Gasteiger partial charge in [0.25, 0.3) is 0 Å². The summed E-state index contributed by atoms with van der Waals surface area (Å²) in [6, 6.07) is 11.7. The lowest BCUT2D eigenvalue weighted by atomic mass is 10.2. The van der Waals surface area contributed by atoms with E-state index in [9.17, 15) is 4.79 Å². The van der Waals surface area contributed by atoms with Crippen LogP contribution < -0.4 is 10.2 Å². The number of hydrogen-bond acceptors (Lipinski definition) is 6. The van der Waals surface area contributed by atoms with Crippen LogP contribution in [0.5, 0.6) is 0 Å². The molecule has 1 aliphatic rings. The molecular weight excluding hydrogens is 346 g/mol. The Morgan fingerprint density at radius 2 is 1.88 bits per heavy atom. The summed E-state index contributed by atoms with van der Waals surface area (Å²) in [5, 5.41) is 6.13. The van der Waals surface area contributed by atoms with Crippen LogP contribution in [-0.2, 0) is 4.79 Å². The zero-order chi connectivity index (χ0) is 17.8. The molecule has 1 N–H and O–H groups in total. The molecule has 134 valence electrons. The Morgan fingerprint density at radius 3 is 2.69 bits per heavy atom. The van der Waals surface area contributed by atoms with E-state index in [0.717, 1.165) is 54.4 Å². The number of nitrogens with zero attached hydrogens (tertiary/aromatic N) is 4. The second-order valence-electron chi connectivity index (χ2n) is 6.33. The lowest BCUT2D eigenvalue weighted by Gasteiger charge is -2.35. The number of hydrogen-bond donors (Lipinski definition) is 1. The van der Waals surface area contributed by atoms with E-state index in [1.807, 2.05) is 30.3 Å². The molecule has 6 nitrogen and oxygen atoms in total. The maximum absolute atomic E-state index is 12.1. The first kappa shape index (κ1) is 16.9. The van der Waals surface area contributed by atoms with Gasteiger partial charge in [-0.25, -0.2) is 9.97 Å². The molecule has 0 unspecified atom stereocenters. The van der Waals surface area contributed by atoms with Crippen molar-refractivity contribution in [3.63, 3.8) is 0 Å². The van der Waals surface area contributed by atoms with Gasteiger partial charge in [-0.3, -0.25) is 9.69 Å². The molecule has 3 heterocycles. The first-order valence-corrected chi connectivity index (χ1v) is 9.68. The van der Waals surface area contributed by atoms with Crippen molar-refractivity contribution < 1.29 is 4.79 Å². The summed E-state index contributed by atoms with van der Waals surface area (Å²) in [7, 11) is 0. The van der Waals surface area contributed by atoms with Gasteiger partial charge in [0.1, 0.15) is 17.0 Å². The predicted molar refractivity (Wildman–Crippen MR) is 106 cm³/mol. The van der Waals surface area contributed by atoms with E-state index < -0.39 is 0 Å². The highest BCUT2D eigenvalue weighted by molar-refractivity contribution is 7.16. The van der Waals surface area contributed by atoms with E-state index >= 15 is 0 Å². The van der Waals surface area contributed by atoms with Crippen LogP contribution in [0.1, 0.15) is 6.42 Å². The monoisotopic (exact) mass is 367 g/mol. The molecule has 0 atom stereocenters. The molecule has 7 heteroatoms. The fourth-order valence-electron chi connectivity index (χ4n) is 3.22. The molecule has 0 spiro atoms. The zero-order valence-electron chi connectivity index (χ0n) is 14.5. The third-order valence-electron chi connectivity index (χ3n) is 4.63. The Hall–Kier alpha value is -2.51. The van der Waals surface area contributed by atoms with Crippen molar-refractivity contribution in [3.8, 4) is 0 Å². The fourth-order valence-corrected chi connectivity index (χ4v) is 3.94. The van der Waals surface area contributed by atoms with Gasteiger partial charge in [0, 0.05) is 44.8 Å². The van der Waals surface area contributed by atoms with Crippen LogP contribution in [0.4, 0.5) is 11.5 Å². The SMILES string of the molecule is O=C(CCN1CCN(c2ncnc3sccc23)CC1)Nc1ccccc1. The number of anilines is 2. The molecule has 0 radical (unpaired) electrons. The van der Waals surface area contributed by atoms with Crippen LogP contribution >= 0.6 is 11.3 Å². The molecule has 0 saturated carbocycles. The van der Waals surface area contributed by atoms with E-state index in [0.29, 0.717) is 6.42 Å². The summed E-state index contributed by atoms with van der Waals surface area (Å²) in [5.41, 5.74) is 0.853. The number of aromatic nitrogens is 2. The average Bonchev–Trinajstić information content (AvgIpc) is 3.16. The van der Waals surface area contributed by atoms with E-state index in [-0.39, 0.29) is 5.91 Å². The van der Waals surface area contributed by atoms with Gasteiger partial charge in [-0.05, 0) is 23.6 Å². The summed E-state index contributed by atoms with van der Waals surface area (Å²) >= 11 is 1.65. The molecule has 0 aliphatic carbocycles. The average molecular weight is 367 g/mol. The van der Waals surface area contributed by atoms with Crippen molar-refractivity contribution in [1.29, 1.82) is 0 Å². The van der Waals surface area contributed by atoms with Gasteiger partial charge < -0.3 is 10.2 Å². The third kappa shape index (κ3) is 3.84. The van der Waals surface area contributed by atoms with Crippen LogP contribution in [-0.4, -0.2) is 53.5 Å². The number of rotatable bonds is 5. The van der Waals surface area contributed by atoms with Crippen molar-refractivity contribution in [1.82, 2.24) is 14.9 Å². The van der Waals surface area contributed by atoms with Crippen molar-refractivity contribution in [2.24, 2.45) is 0 Å². The smallest absolute Gasteiger partial charge is 0.225 e. The van der Waals surface area contributed by atoms with Crippen LogP contribution in [0.2, 0.25) is 0 Å². The van der Waals surface area contributed by atoms with Gasteiger partial charge in [-0.15, -0.1) is 11.3 Å². The quantitative estimate of drug-likeness (QED) is 0.751. The van der Waals surface area contributed by atoms with E-state index in [1.165, 1.54) is 0 Å². The molecule has 1 saturated heterocycles. The van der Waals surface area contributed by atoms with E-state index in [1.54, 1.807) is 17.7 Å². The largest absolute Gasteiger partial charge is 0.353 e. The highest BCUT2D eigenvalue weighted by Gasteiger charge is 2.20. The lowest BCUT2D eigenvalue weighted by molar-refractivity contribution is -0.116. The van der Waals surface area contributed by atoms with Gasteiger partial charge in [-0.1, -0.05) is 18.2 Å². The minimum absolute atomic E-state index is 0.0643. The molecule has 2 aromatic heterocycles. The Morgan fingerprint density at radius 1 is 1.08 bits per heavy atom. The number of amides is 1. The number of carbonyl (C=O) groups is 1. The topological polar surface area (TPSA) is 61.4 Å². The fraction of sp³-hybridized carbons (Fsp3) is 0.316. The van der Waals surface area contributed by atoms with Crippen molar-refractivity contribution >= 4 is 39.0 Å². The standard InChI is InChI=1S/C19H21N5OS/c25-17(22-15-4-2-1-3-5-15)6-8-23-9-11-24(12-10-23)18-16-7-13-26-19(16)21-14-20-18/h1-5,7,13-14H,6,8-12H2,(H,22,25). The summed E-state index contributed by atoms with van der Waals surface area (Å²) in [6.07, 6.45) is 2.16. The van der Waals surface area contributed by atoms with Crippen LogP contribution in [0.3, 0.4) is 0 Å². The minimum Gasteiger partial charge on any atom is -0.353 e. The summed E-state index contributed by atoms with van der Waals surface area (Å²) in [6.45, 7) is 4.50. The summed E-state index contributed by atoms with van der Waals surface area (Å²) in [5.74, 6) is 1.09. The zero-order valence-corrected chi connectivity index (χ0v) is 15.3. The highest BCUT2D eigenvalue weighted by Crippen LogP contribution is 2.27. The number of carbonyl (C=O) groups excluding carboxylic acids is 1. The molecular formula is C19H21N5OS. The summed E-state index contributed by atoms with van der Waals surface area (Å²) < 4.78 is 0. The second-order valence-corrected chi connectivity index (χ2v) is 7.22. The Kier molecular flexibility index (Phi) is 5.08. The number of fused-ring (bicyclic) bond motifs is 1. The molecule has 1 amide bonds. The first-order valence-electron chi connectivity index (χ1n) is 8.80. The molecule has 0 bridgehead atoms. The molecule has 1 aliphatic heterocycles. The van der Waals surface area contributed by atoms with Crippen molar-refractivity contribution in [3.05, 3.63) is 48.1 Å². The van der Waals surface area contributed by atoms with Gasteiger partial charge in [0.15, 0.2) is 0 Å². The van der Waals surface area contributed by atoms with Crippen molar-refractivity contribution in [2.45, 2.75) is 6.42 Å². The molecule has 1 aromatic carbocycles. The third-order valence-corrected chi connectivity index (χ3v) is 5.45. The number of nitrogens with one attached hydrogen (secondary N) is 1.